The number of aryl methyl sites for hydroxylation is 1. The SMILES string of the molecule is COc1cc(COC(=O)c2cn(C)nc2C(F)(F)F)cc(Cl)c1OC(F)F. The molecule has 0 unspecified atom stereocenters. The molecule has 0 saturated carbocycles. The van der Waals surface area contributed by atoms with Crippen LogP contribution in [0, 0.1) is 0 Å². The number of nitrogens with zero attached hydrogens (tertiary/aromatic N) is 2. The molecule has 1 aromatic heterocycles. The van der Waals surface area contributed by atoms with E-state index in [1.807, 2.05) is 0 Å². The summed E-state index contributed by atoms with van der Waals surface area (Å²) in [5.41, 5.74) is -1.96. The summed E-state index contributed by atoms with van der Waals surface area (Å²) in [5.74, 6) is -1.85. The van der Waals surface area contributed by atoms with E-state index in [4.69, 9.17) is 21.1 Å². The quantitative estimate of drug-likeness (QED) is 0.527. The molecular formula is C15H12ClF5N2O4. The first-order valence-corrected chi connectivity index (χ1v) is 7.50. The molecule has 0 amide bonds. The number of hydrogen-bond donors (Lipinski definition) is 0. The highest BCUT2D eigenvalue weighted by molar-refractivity contribution is 6.32. The number of alkyl halides is 5. The molecule has 2 aromatic rings. The second-order valence-corrected chi connectivity index (χ2v) is 5.53. The average Bonchev–Trinajstić information content (AvgIpc) is 2.96. The Bertz CT molecular complexity index is 838. The van der Waals surface area contributed by atoms with E-state index in [0.29, 0.717) is 0 Å². The van der Waals surface area contributed by atoms with Gasteiger partial charge in [-0.3, -0.25) is 4.68 Å². The van der Waals surface area contributed by atoms with Crippen molar-refractivity contribution in [2.75, 3.05) is 7.11 Å². The van der Waals surface area contributed by atoms with Gasteiger partial charge in [0.25, 0.3) is 0 Å². The Morgan fingerprint density at radius 1 is 1.33 bits per heavy atom. The minimum atomic E-state index is -4.84. The standard InChI is InChI=1S/C15H12ClF5N2O4/c1-23-5-8(12(22-23)15(19,20)21)13(24)26-6-7-3-9(16)11(27-14(17)18)10(4-7)25-2/h3-5,14H,6H2,1-2H3. The molecule has 0 bridgehead atoms. The summed E-state index contributed by atoms with van der Waals surface area (Å²) >= 11 is 5.84. The zero-order valence-corrected chi connectivity index (χ0v) is 14.6. The van der Waals surface area contributed by atoms with Gasteiger partial charge in [-0.15, -0.1) is 0 Å². The maximum atomic E-state index is 12.9. The van der Waals surface area contributed by atoms with Gasteiger partial charge in [-0.25, -0.2) is 4.79 Å². The fourth-order valence-electron chi connectivity index (χ4n) is 2.13. The van der Waals surface area contributed by atoms with E-state index in [-0.39, 0.29) is 16.3 Å². The van der Waals surface area contributed by atoms with Crippen LogP contribution in [0.1, 0.15) is 21.6 Å². The lowest BCUT2D eigenvalue weighted by atomic mass is 10.2. The Morgan fingerprint density at radius 3 is 2.56 bits per heavy atom. The van der Waals surface area contributed by atoms with Gasteiger partial charge < -0.3 is 14.2 Å². The van der Waals surface area contributed by atoms with Crippen molar-refractivity contribution in [3.05, 3.63) is 40.2 Å². The molecule has 0 aliphatic heterocycles. The number of ether oxygens (including phenoxy) is 3. The lowest BCUT2D eigenvalue weighted by molar-refractivity contribution is -0.142. The maximum Gasteiger partial charge on any atom is 0.436 e. The molecule has 0 aliphatic carbocycles. The van der Waals surface area contributed by atoms with Gasteiger partial charge in [0, 0.05) is 13.2 Å². The first-order valence-electron chi connectivity index (χ1n) is 7.12. The fourth-order valence-corrected chi connectivity index (χ4v) is 2.41. The molecule has 6 nitrogen and oxygen atoms in total. The van der Waals surface area contributed by atoms with Gasteiger partial charge in [0.2, 0.25) is 0 Å². The second kappa shape index (κ2) is 7.99. The van der Waals surface area contributed by atoms with Crippen molar-refractivity contribution in [3.8, 4) is 11.5 Å². The van der Waals surface area contributed by atoms with Crippen LogP contribution in [0.2, 0.25) is 5.02 Å². The van der Waals surface area contributed by atoms with Crippen LogP contribution >= 0.6 is 11.6 Å². The molecule has 0 atom stereocenters. The highest BCUT2D eigenvalue weighted by Crippen LogP contribution is 2.38. The van der Waals surface area contributed by atoms with Gasteiger partial charge in [-0.1, -0.05) is 11.6 Å². The Morgan fingerprint density at radius 2 is 2.00 bits per heavy atom. The van der Waals surface area contributed by atoms with Crippen molar-refractivity contribution >= 4 is 17.6 Å². The van der Waals surface area contributed by atoms with Crippen LogP contribution < -0.4 is 9.47 Å². The maximum absolute atomic E-state index is 12.9. The summed E-state index contributed by atoms with van der Waals surface area (Å²) in [5, 5.41) is 2.95. The van der Waals surface area contributed by atoms with E-state index in [9.17, 15) is 26.7 Å². The largest absolute Gasteiger partial charge is 0.493 e. The van der Waals surface area contributed by atoms with Crippen LogP contribution in [0.15, 0.2) is 18.3 Å². The fraction of sp³-hybridized carbons (Fsp3) is 0.333. The van der Waals surface area contributed by atoms with E-state index < -0.39 is 42.4 Å². The van der Waals surface area contributed by atoms with E-state index in [1.165, 1.54) is 20.2 Å². The zero-order valence-electron chi connectivity index (χ0n) is 13.8. The highest BCUT2D eigenvalue weighted by atomic mass is 35.5. The predicted molar refractivity (Wildman–Crippen MR) is 82.0 cm³/mol. The van der Waals surface area contributed by atoms with Crippen LogP contribution in [-0.4, -0.2) is 29.5 Å². The summed E-state index contributed by atoms with van der Waals surface area (Å²) in [7, 11) is 2.39. The molecular weight excluding hydrogens is 403 g/mol. The molecule has 0 fully saturated rings. The predicted octanol–water partition coefficient (Wildman–Crippen LogP) is 4.06. The molecule has 1 aromatic carbocycles. The number of hydrogen-bond acceptors (Lipinski definition) is 5. The number of rotatable bonds is 6. The minimum absolute atomic E-state index is 0.161. The summed E-state index contributed by atoms with van der Waals surface area (Å²) < 4.78 is 78.2. The molecule has 0 spiro atoms. The molecule has 1 heterocycles. The average molecular weight is 415 g/mol. The van der Waals surface area contributed by atoms with Crippen LogP contribution in [-0.2, 0) is 24.6 Å². The number of halogens is 6. The first-order chi connectivity index (χ1) is 12.5. The van der Waals surface area contributed by atoms with Crippen LogP contribution in [0.3, 0.4) is 0 Å². The van der Waals surface area contributed by atoms with Gasteiger partial charge in [0.05, 0.1) is 12.1 Å². The number of aromatic nitrogens is 2. The molecule has 12 heteroatoms. The third-order valence-electron chi connectivity index (χ3n) is 3.18. The second-order valence-electron chi connectivity index (χ2n) is 5.13. The monoisotopic (exact) mass is 414 g/mol. The molecule has 148 valence electrons. The lowest BCUT2D eigenvalue weighted by Crippen LogP contribution is -2.14. The molecule has 0 radical (unpaired) electrons. The zero-order chi connectivity index (χ0) is 20.4. The topological polar surface area (TPSA) is 62.6 Å². The van der Waals surface area contributed by atoms with Crippen molar-refractivity contribution in [1.82, 2.24) is 9.78 Å². The van der Waals surface area contributed by atoms with Gasteiger partial charge in [0.1, 0.15) is 12.2 Å². The highest BCUT2D eigenvalue weighted by Gasteiger charge is 2.39. The number of carbonyl (C=O) groups excluding carboxylic acids is 1. The Kier molecular flexibility index (Phi) is 6.14. The number of carbonyl (C=O) groups is 1. The van der Waals surface area contributed by atoms with E-state index in [2.05, 4.69) is 9.84 Å². The molecule has 2 rings (SSSR count). The lowest BCUT2D eigenvalue weighted by Gasteiger charge is -2.13. The van der Waals surface area contributed by atoms with Crippen LogP contribution in [0.5, 0.6) is 11.5 Å². The van der Waals surface area contributed by atoms with Crippen molar-refractivity contribution in [2.45, 2.75) is 19.4 Å². The Balaban J connectivity index is 2.20. The van der Waals surface area contributed by atoms with Crippen molar-refractivity contribution in [3.63, 3.8) is 0 Å². The minimum Gasteiger partial charge on any atom is -0.493 e. The van der Waals surface area contributed by atoms with Crippen molar-refractivity contribution < 1.29 is 41.0 Å². The first kappa shape index (κ1) is 20.7. The smallest absolute Gasteiger partial charge is 0.436 e. The molecule has 27 heavy (non-hydrogen) atoms. The van der Waals surface area contributed by atoms with Gasteiger partial charge >= 0.3 is 18.8 Å². The third kappa shape index (κ3) is 5.00. The third-order valence-corrected chi connectivity index (χ3v) is 3.46. The van der Waals surface area contributed by atoms with Gasteiger partial charge in [-0.05, 0) is 17.7 Å². The van der Waals surface area contributed by atoms with Gasteiger partial charge in [0.15, 0.2) is 17.2 Å². The van der Waals surface area contributed by atoms with E-state index in [1.54, 1.807) is 0 Å². The van der Waals surface area contributed by atoms with Crippen molar-refractivity contribution in [2.24, 2.45) is 7.05 Å². The van der Waals surface area contributed by atoms with Crippen LogP contribution in [0.25, 0.3) is 0 Å². The Labute approximate surface area is 154 Å². The van der Waals surface area contributed by atoms with E-state index >= 15 is 0 Å². The number of benzene rings is 1. The Hall–Kier alpha value is -2.56. The van der Waals surface area contributed by atoms with Crippen LogP contribution in [0.4, 0.5) is 22.0 Å². The summed E-state index contributed by atoms with van der Waals surface area (Å²) in [6.45, 7) is -3.64. The van der Waals surface area contributed by atoms with Crippen molar-refractivity contribution in [1.29, 1.82) is 0 Å². The number of esters is 1. The van der Waals surface area contributed by atoms with E-state index in [0.717, 1.165) is 16.9 Å². The number of methoxy groups -OCH3 is 1. The molecule has 0 N–H and O–H groups in total. The summed E-state index contributed by atoms with van der Waals surface area (Å²) in [6.07, 6.45) is -3.96. The molecule has 0 saturated heterocycles. The molecule has 0 aliphatic rings. The normalized spacial score (nSPS) is 11.6. The van der Waals surface area contributed by atoms with Gasteiger partial charge in [-0.2, -0.15) is 27.1 Å². The summed E-state index contributed by atoms with van der Waals surface area (Å²) in [4.78, 5) is 12.0. The summed E-state index contributed by atoms with van der Waals surface area (Å²) in [6, 6.07) is 2.35.